The smallest absolute Gasteiger partial charge is 0.417 e. The topological polar surface area (TPSA) is 249 Å². The van der Waals surface area contributed by atoms with Crippen LogP contribution in [0.25, 0.3) is 11.2 Å². The first-order valence-corrected chi connectivity index (χ1v) is 16.6. The molecule has 19 heteroatoms. The summed E-state index contributed by atoms with van der Waals surface area (Å²) in [5.41, 5.74) is 13.6. The lowest BCUT2D eigenvalue weighted by atomic mass is 10.1. The maximum absolute atomic E-state index is 12.9. The lowest BCUT2D eigenvalue weighted by molar-refractivity contribution is -0.141. The molecule has 1 fully saturated rings. The quantitative estimate of drug-likeness (QED) is 0.0611. The molecule has 7 N–H and O–H groups in total. The Kier molecular flexibility index (Phi) is 12.1. The molecule has 0 bridgehead atoms. The van der Waals surface area contributed by atoms with Crippen molar-refractivity contribution in [2.75, 3.05) is 50.1 Å². The highest BCUT2D eigenvalue weighted by Gasteiger charge is 2.30. The van der Waals surface area contributed by atoms with Crippen LogP contribution in [0.3, 0.4) is 0 Å². The minimum Gasteiger partial charge on any atom is -0.480 e. The van der Waals surface area contributed by atoms with Crippen molar-refractivity contribution in [3.8, 4) is 0 Å². The molecule has 1 aliphatic rings. The number of hydrogen-bond donors (Lipinski definition) is 5. The molecule has 47 heavy (non-hydrogen) atoms. The van der Waals surface area contributed by atoms with Gasteiger partial charge in [-0.1, -0.05) is 21.6 Å². The second kappa shape index (κ2) is 16.2. The van der Waals surface area contributed by atoms with Gasteiger partial charge in [0, 0.05) is 44.2 Å². The molecule has 4 rings (SSSR count). The number of amides is 2. The Hall–Kier alpha value is -4.75. The summed E-state index contributed by atoms with van der Waals surface area (Å²) in [6, 6.07) is 4.96. The van der Waals surface area contributed by atoms with Gasteiger partial charge in [0.25, 0.3) is 5.91 Å². The molecule has 3 heterocycles. The number of ether oxygens (including phenoxy) is 1. The number of hydrogen-bond acceptors (Lipinski definition) is 16. The minimum atomic E-state index is -1.43. The predicted octanol–water partition coefficient (Wildman–Crippen LogP) is 1.05. The molecule has 0 unspecified atom stereocenters. The second-order valence-corrected chi connectivity index (χ2v) is 13.4. The van der Waals surface area contributed by atoms with Crippen molar-refractivity contribution in [1.82, 2.24) is 35.5 Å². The average molecular weight is 687 g/mol. The first-order valence-electron chi connectivity index (χ1n) is 14.3. The Labute approximate surface area is 277 Å². The number of benzene rings is 1. The zero-order valence-corrected chi connectivity index (χ0v) is 27.2. The summed E-state index contributed by atoms with van der Waals surface area (Å²) in [6.45, 7) is 0.639. The van der Waals surface area contributed by atoms with Gasteiger partial charge in [-0.25, -0.2) is 19.6 Å². The number of aromatic nitrogens is 4. The Balaban J connectivity index is 1.28. The SMILES string of the molecule is CNCCN(CC(=O)CC1SS1)C(=O)OC(=O)CC[C@@H](NC(=O)c1ccc(N(C)Cc2cnc3nc(N)nc(N)c3n2)cc1)C(=O)O. The van der Waals surface area contributed by atoms with E-state index in [2.05, 4.69) is 30.6 Å². The van der Waals surface area contributed by atoms with Gasteiger partial charge in [0.2, 0.25) is 5.95 Å². The predicted molar refractivity (Wildman–Crippen MR) is 176 cm³/mol. The number of carboxylic acids is 1. The standard InChI is InChI=1S/C28H34N10O7S2/c1-31-9-10-38(14-18(39)11-21-46-47-21)28(44)45-20(40)8-7-19(26(42)43)34-25(41)15-3-5-17(6-4-15)37(2)13-16-12-32-24-22(33-16)23(29)35-27(30)36-24/h3-6,12,19,21,31H,7-11,13-14H2,1-2H3,(H,34,41)(H,42,43)(H4,29,30,32,35,36)/t19-/m1/s1. The summed E-state index contributed by atoms with van der Waals surface area (Å²) in [5, 5.41) is 14.9. The number of nitrogen functional groups attached to an aromatic ring is 2. The lowest BCUT2D eigenvalue weighted by Gasteiger charge is -2.21. The Morgan fingerprint density at radius 3 is 2.47 bits per heavy atom. The van der Waals surface area contributed by atoms with Gasteiger partial charge in [-0.15, -0.1) is 0 Å². The third-order valence-corrected chi connectivity index (χ3v) is 8.99. The van der Waals surface area contributed by atoms with Crippen molar-refractivity contribution < 1.29 is 33.8 Å². The normalized spacial score (nSPS) is 13.1. The summed E-state index contributed by atoms with van der Waals surface area (Å²) in [4.78, 5) is 81.5. The highest BCUT2D eigenvalue weighted by Crippen LogP contribution is 2.55. The monoisotopic (exact) mass is 686 g/mol. The first kappa shape index (κ1) is 35.1. The van der Waals surface area contributed by atoms with Crippen LogP contribution in [0.1, 0.15) is 35.3 Å². The number of carboxylic acid groups (broad SMARTS) is 1. The molecule has 0 saturated carbocycles. The number of aliphatic carboxylic acids is 1. The maximum Gasteiger partial charge on any atom is 0.417 e. The molecule has 3 aromatic rings. The van der Waals surface area contributed by atoms with Crippen molar-refractivity contribution >= 4 is 79.9 Å². The van der Waals surface area contributed by atoms with E-state index in [0.717, 1.165) is 10.6 Å². The number of rotatable bonds is 16. The Morgan fingerprint density at radius 2 is 1.81 bits per heavy atom. The van der Waals surface area contributed by atoms with Gasteiger partial charge in [0.15, 0.2) is 22.8 Å². The van der Waals surface area contributed by atoms with E-state index in [9.17, 15) is 29.1 Å². The van der Waals surface area contributed by atoms with E-state index in [1.54, 1.807) is 54.0 Å². The fourth-order valence-electron chi connectivity index (χ4n) is 4.29. The lowest BCUT2D eigenvalue weighted by Crippen LogP contribution is -2.42. The number of nitrogens with zero attached hydrogens (tertiary/aromatic N) is 6. The Bertz CT molecular complexity index is 1640. The number of nitrogens with two attached hydrogens (primary N) is 2. The number of ketones is 1. The van der Waals surface area contributed by atoms with Gasteiger partial charge >= 0.3 is 18.0 Å². The van der Waals surface area contributed by atoms with Crippen LogP contribution in [0.15, 0.2) is 30.5 Å². The zero-order valence-electron chi connectivity index (χ0n) is 25.5. The molecule has 0 radical (unpaired) electrons. The van der Waals surface area contributed by atoms with E-state index in [1.807, 2.05) is 4.90 Å². The zero-order chi connectivity index (χ0) is 34.1. The molecule has 0 aliphatic carbocycles. The van der Waals surface area contributed by atoms with Gasteiger partial charge in [-0.05, 0) is 37.7 Å². The Morgan fingerprint density at radius 1 is 1.09 bits per heavy atom. The van der Waals surface area contributed by atoms with Crippen LogP contribution in [0.2, 0.25) is 0 Å². The molecular formula is C28H34N10O7S2. The van der Waals surface area contributed by atoms with Crippen molar-refractivity contribution in [3.05, 3.63) is 41.7 Å². The molecule has 17 nitrogen and oxygen atoms in total. The van der Waals surface area contributed by atoms with Crippen LogP contribution in [0.4, 0.5) is 22.2 Å². The van der Waals surface area contributed by atoms with E-state index in [4.69, 9.17) is 16.2 Å². The number of esters is 1. The van der Waals surface area contributed by atoms with Gasteiger partial charge < -0.3 is 36.8 Å². The summed E-state index contributed by atoms with van der Waals surface area (Å²) >= 11 is 0. The number of fused-ring (bicyclic) bond motifs is 1. The second-order valence-electron chi connectivity index (χ2n) is 10.4. The van der Waals surface area contributed by atoms with Crippen LogP contribution >= 0.6 is 21.6 Å². The molecule has 1 aliphatic heterocycles. The van der Waals surface area contributed by atoms with Crippen molar-refractivity contribution in [1.29, 1.82) is 0 Å². The van der Waals surface area contributed by atoms with Gasteiger partial charge in [0.1, 0.15) is 6.04 Å². The number of likely N-dealkylation sites (N-methyl/N-ethyl adjacent to an activating group) is 1. The molecule has 1 atom stereocenters. The van der Waals surface area contributed by atoms with Crippen molar-refractivity contribution in [2.45, 2.75) is 36.4 Å². The molecule has 0 spiro atoms. The largest absolute Gasteiger partial charge is 0.480 e. The van der Waals surface area contributed by atoms with E-state index in [1.165, 1.54) is 12.1 Å². The summed E-state index contributed by atoms with van der Waals surface area (Å²) in [5.74, 6) is -3.06. The summed E-state index contributed by atoms with van der Waals surface area (Å²) < 4.78 is 5.07. The van der Waals surface area contributed by atoms with Gasteiger partial charge in [-0.2, -0.15) is 9.97 Å². The fourth-order valence-corrected chi connectivity index (χ4v) is 5.52. The van der Waals surface area contributed by atoms with Crippen LogP contribution in [-0.4, -0.2) is 104 Å². The van der Waals surface area contributed by atoms with Crippen LogP contribution in [-0.2, 0) is 25.7 Å². The summed E-state index contributed by atoms with van der Waals surface area (Å²) in [7, 11) is 6.64. The van der Waals surface area contributed by atoms with Crippen molar-refractivity contribution in [3.63, 3.8) is 0 Å². The van der Waals surface area contributed by atoms with Gasteiger partial charge in [0.05, 0.1) is 29.6 Å². The molecular weight excluding hydrogens is 653 g/mol. The number of Topliss-reactive ketones (excluding diaryl/α,β-unsaturated/α-hetero) is 1. The minimum absolute atomic E-state index is 0.00208. The number of nitrogens with one attached hydrogen (secondary N) is 2. The van der Waals surface area contributed by atoms with Crippen molar-refractivity contribution in [2.24, 2.45) is 0 Å². The highest BCUT2D eigenvalue weighted by atomic mass is 33.2. The fraction of sp³-hybridized carbons (Fsp3) is 0.393. The van der Waals surface area contributed by atoms with E-state index in [-0.39, 0.29) is 52.9 Å². The third kappa shape index (κ3) is 10.4. The maximum atomic E-state index is 12.9. The number of carbonyl (C=O) groups is 5. The van der Waals surface area contributed by atoms with Crippen LogP contribution < -0.4 is 27.0 Å². The van der Waals surface area contributed by atoms with E-state index >= 15 is 0 Å². The molecule has 1 saturated heterocycles. The van der Waals surface area contributed by atoms with Gasteiger partial charge in [-0.3, -0.25) is 19.3 Å². The molecule has 2 aromatic heterocycles. The number of anilines is 3. The molecule has 250 valence electrons. The van der Waals surface area contributed by atoms with Crippen LogP contribution in [0.5, 0.6) is 0 Å². The van der Waals surface area contributed by atoms with E-state index in [0.29, 0.717) is 30.7 Å². The third-order valence-electron chi connectivity index (χ3n) is 6.80. The molecule has 2 amide bonds. The summed E-state index contributed by atoms with van der Waals surface area (Å²) in [6.07, 6.45) is 0.0640. The number of carbonyl (C=O) groups excluding carboxylic acids is 4. The van der Waals surface area contributed by atoms with E-state index < -0.39 is 36.4 Å². The first-order chi connectivity index (χ1) is 22.4. The molecule has 1 aromatic carbocycles. The highest BCUT2D eigenvalue weighted by molar-refractivity contribution is 8.92. The average Bonchev–Trinajstić information content (AvgIpc) is 3.85. The van der Waals surface area contributed by atoms with Crippen LogP contribution in [0, 0.1) is 0 Å².